The number of rotatable bonds is 11. The third-order valence-corrected chi connectivity index (χ3v) is 9.58. The van der Waals surface area contributed by atoms with Crippen molar-refractivity contribution in [2.24, 2.45) is 5.92 Å². The number of methoxy groups -OCH3 is 1. The topological polar surface area (TPSA) is 90.9 Å². The Hall–Kier alpha value is -0.520. The first-order chi connectivity index (χ1) is 15.4. The van der Waals surface area contributed by atoms with Crippen LogP contribution in [0.15, 0.2) is 24.8 Å². The second-order valence-electron chi connectivity index (χ2n) is 8.93. The molecule has 1 aliphatic heterocycles. The Morgan fingerprint density at radius 2 is 1.91 bits per heavy atom. The molecule has 0 amide bonds. The van der Waals surface area contributed by atoms with Gasteiger partial charge in [-0.05, 0) is 45.6 Å². The molecule has 2 rings (SSSR count). The number of halogens is 2. The zero-order valence-electron chi connectivity index (χ0n) is 19.6. The average molecular weight is 542 g/mol. The molecule has 0 radical (unpaired) electrons. The van der Waals surface area contributed by atoms with Crippen LogP contribution in [0.2, 0.25) is 10.0 Å². The van der Waals surface area contributed by atoms with Crippen LogP contribution >= 0.6 is 23.2 Å². The molecule has 7 nitrogen and oxygen atoms in total. The average Bonchev–Trinajstić information content (AvgIpc) is 2.76. The lowest BCUT2D eigenvalue weighted by Gasteiger charge is -2.37. The van der Waals surface area contributed by atoms with Gasteiger partial charge in [0, 0.05) is 43.2 Å². The molecule has 1 unspecified atom stereocenters. The number of ether oxygens (including phenoxy) is 2. The van der Waals surface area contributed by atoms with E-state index in [9.17, 15) is 13.0 Å². The van der Waals surface area contributed by atoms with Crippen molar-refractivity contribution in [3.05, 3.63) is 40.4 Å². The maximum atomic E-state index is 13.1. The first-order valence-corrected chi connectivity index (χ1v) is 14.3. The molecule has 0 saturated carbocycles. The van der Waals surface area contributed by atoms with E-state index in [0.29, 0.717) is 41.7 Å². The molecule has 1 aromatic rings. The third-order valence-electron chi connectivity index (χ3n) is 5.44. The number of hydrogen-bond acceptors (Lipinski definition) is 6. The summed E-state index contributed by atoms with van der Waals surface area (Å²) in [6, 6.07) is 3.02. The van der Waals surface area contributed by atoms with Crippen molar-refractivity contribution >= 4 is 44.6 Å². The highest BCUT2D eigenvalue weighted by atomic mass is 35.5. The van der Waals surface area contributed by atoms with Crippen molar-refractivity contribution < 1.29 is 22.4 Å². The quantitative estimate of drug-likeness (QED) is 0.331. The second kappa shape index (κ2) is 12.4. The highest BCUT2D eigenvalue weighted by Crippen LogP contribution is 2.41. The van der Waals surface area contributed by atoms with Crippen LogP contribution in [0.5, 0.6) is 5.75 Å². The fraction of sp³-hybridized carbons (Fsp3) is 0.636. The Morgan fingerprint density at radius 3 is 2.45 bits per heavy atom. The Kier molecular flexibility index (Phi) is 10.8. The van der Waals surface area contributed by atoms with Crippen molar-refractivity contribution in [2.75, 3.05) is 39.2 Å². The molecule has 1 heterocycles. The summed E-state index contributed by atoms with van der Waals surface area (Å²) in [6.45, 7) is 10.6. The molecule has 11 heteroatoms. The number of hydrogen-bond donors (Lipinski definition) is 1. The number of sulfonamides is 1. The van der Waals surface area contributed by atoms with Crippen LogP contribution in [0.1, 0.15) is 45.2 Å². The maximum absolute atomic E-state index is 13.1. The van der Waals surface area contributed by atoms with Gasteiger partial charge in [0.25, 0.3) is 0 Å². The predicted octanol–water partition coefficient (Wildman–Crippen LogP) is 4.34. The van der Waals surface area contributed by atoms with Crippen LogP contribution < -0.4 is 9.46 Å². The second-order valence-corrected chi connectivity index (χ2v) is 13.8. The molecule has 0 aliphatic carbocycles. The fourth-order valence-electron chi connectivity index (χ4n) is 3.57. The monoisotopic (exact) mass is 540 g/mol. The van der Waals surface area contributed by atoms with Crippen molar-refractivity contribution in [2.45, 2.75) is 44.4 Å². The zero-order chi connectivity index (χ0) is 24.8. The normalized spacial score (nSPS) is 18.2. The number of nitrogens with one attached hydrogen (secondary N) is 1. The minimum atomic E-state index is -3.38. The Balaban J connectivity index is 2.35. The largest absolute Gasteiger partial charge is 0.598 e. The van der Waals surface area contributed by atoms with E-state index < -0.39 is 26.1 Å². The summed E-state index contributed by atoms with van der Waals surface area (Å²) in [5.41, 5.74) is 0.740. The molecule has 1 N–H and O–H groups in total. The van der Waals surface area contributed by atoms with E-state index in [0.717, 1.165) is 5.56 Å². The lowest BCUT2D eigenvalue weighted by Crippen LogP contribution is -2.47. The van der Waals surface area contributed by atoms with Gasteiger partial charge < -0.3 is 14.0 Å². The van der Waals surface area contributed by atoms with E-state index in [-0.39, 0.29) is 30.9 Å². The molecule has 1 aromatic carbocycles. The Labute approximate surface area is 211 Å². The van der Waals surface area contributed by atoms with E-state index in [1.807, 2.05) is 20.8 Å². The van der Waals surface area contributed by atoms with E-state index in [4.69, 9.17) is 32.7 Å². The van der Waals surface area contributed by atoms with Gasteiger partial charge in [0.2, 0.25) is 10.0 Å². The van der Waals surface area contributed by atoms with E-state index in [1.165, 1.54) is 11.4 Å². The van der Waals surface area contributed by atoms with Crippen molar-refractivity contribution in [1.29, 1.82) is 0 Å². The number of piperidine rings is 1. The molecule has 0 spiro atoms. The molecule has 0 aromatic heterocycles. The summed E-state index contributed by atoms with van der Waals surface area (Å²) in [5.74, 6) is 0.493. The minimum Gasteiger partial charge on any atom is -0.598 e. The molecule has 33 heavy (non-hydrogen) atoms. The van der Waals surface area contributed by atoms with Crippen LogP contribution in [-0.2, 0) is 26.1 Å². The molecule has 1 aliphatic rings. The molecular weight excluding hydrogens is 507 g/mol. The van der Waals surface area contributed by atoms with Crippen LogP contribution in [0.25, 0.3) is 0 Å². The molecular formula is C22H34Cl2N2O5S2. The standard InChI is InChI=1S/C22H34Cl2N2O5S2/c1-6-11-31-20-15-19(24)18(23)14-17(20)21(25-32(27)22(2,3)4)16-7-9-26(10-8-16)33(28,29)13-12-30-5/h6,14-16,21,25H,1,7-13H2,2-5H3/t21-,32?/m1/s1. The van der Waals surface area contributed by atoms with Gasteiger partial charge in [-0.1, -0.05) is 35.9 Å². The summed E-state index contributed by atoms with van der Waals surface area (Å²) in [6.07, 6.45) is 2.81. The molecule has 2 atom stereocenters. The van der Waals surface area contributed by atoms with Crippen molar-refractivity contribution in [3.63, 3.8) is 0 Å². The van der Waals surface area contributed by atoms with Gasteiger partial charge in [-0.15, -0.1) is 4.72 Å². The predicted molar refractivity (Wildman–Crippen MR) is 136 cm³/mol. The maximum Gasteiger partial charge on any atom is 0.216 e. The summed E-state index contributed by atoms with van der Waals surface area (Å²) in [7, 11) is -1.90. The zero-order valence-corrected chi connectivity index (χ0v) is 22.7. The van der Waals surface area contributed by atoms with Crippen LogP contribution in [0, 0.1) is 5.92 Å². The molecule has 0 bridgehead atoms. The van der Waals surface area contributed by atoms with Gasteiger partial charge in [-0.25, -0.2) is 12.7 Å². The van der Waals surface area contributed by atoms with Crippen molar-refractivity contribution in [1.82, 2.24) is 9.03 Å². The number of nitrogens with zero attached hydrogens (tertiary/aromatic N) is 1. The first kappa shape index (κ1) is 28.7. The highest BCUT2D eigenvalue weighted by Gasteiger charge is 2.38. The van der Waals surface area contributed by atoms with Gasteiger partial charge in [0.1, 0.15) is 17.1 Å². The third kappa shape index (κ3) is 8.00. The summed E-state index contributed by atoms with van der Waals surface area (Å²) in [5, 5.41) is 0.722. The fourth-order valence-corrected chi connectivity index (χ4v) is 6.20. The summed E-state index contributed by atoms with van der Waals surface area (Å²) in [4.78, 5) is 0. The van der Waals surface area contributed by atoms with Crippen LogP contribution in [0.4, 0.5) is 0 Å². The minimum absolute atomic E-state index is 0.00787. The van der Waals surface area contributed by atoms with Crippen molar-refractivity contribution in [3.8, 4) is 5.75 Å². The highest BCUT2D eigenvalue weighted by molar-refractivity contribution is 7.90. The molecule has 1 fully saturated rings. The van der Waals surface area contributed by atoms with E-state index in [2.05, 4.69) is 11.3 Å². The number of benzene rings is 1. The van der Waals surface area contributed by atoms with Gasteiger partial charge in [-0.3, -0.25) is 0 Å². The Bertz CT molecular complexity index is 901. The molecule has 188 valence electrons. The van der Waals surface area contributed by atoms with Crippen LogP contribution in [-0.4, -0.2) is 61.2 Å². The van der Waals surface area contributed by atoms with E-state index in [1.54, 1.807) is 18.2 Å². The first-order valence-electron chi connectivity index (χ1n) is 10.8. The summed E-state index contributed by atoms with van der Waals surface area (Å²) >= 11 is 11.2. The lowest BCUT2D eigenvalue weighted by molar-refractivity contribution is 0.209. The summed E-state index contributed by atoms with van der Waals surface area (Å²) < 4.78 is 53.3. The van der Waals surface area contributed by atoms with Gasteiger partial charge >= 0.3 is 0 Å². The van der Waals surface area contributed by atoms with Gasteiger partial charge in [-0.2, -0.15) is 0 Å². The van der Waals surface area contributed by atoms with Crippen LogP contribution in [0.3, 0.4) is 0 Å². The lowest BCUT2D eigenvalue weighted by atomic mass is 9.86. The SMILES string of the molecule is C=CCOc1cc(Cl)c(Cl)cc1[C@H](N[S+]([O-])C(C)(C)C)C1CCN(S(=O)(=O)CCOC)CC1. The van der Waals surface area contributed by atoms with Gasteiger partial charge in [0.15, 0.2) is 0 Å². The smallest absolute Gasteiger partial charge is 0.216 e. The van der Waals surface area contributed by atoms with Gasteiger partial charge in [0.05, 0.1) is 28.4 Å². The molecule has 1 saturated heterocycles. The van der Waals surface area contributed by atoms with E-state index >= 15 is 0 Å². The Morgan fingerprint density at radius 1 is 1.30 bits per heavy atom.